The van der Waals surface area contributed by atoms with Gasteiger partial charge < -0.3 is 10.6 Å². The average Bonchev–Trinajstić information content (AvgIpc) is 2.81. The van der Waals surface area contributed by atoms with Crippen LogP contribution in [0.15, 0.2) is 60.7 Å². The molecule has 2 N–H and O–H groups in total. The van der Waals surface area contributed by atoms with E-state index in [1.807, 2.05) is 60.7 Å². The largest absolute Gasteiger partial charge is 0.335 e. The number of carbonyl (C=O) groups excluding carboxylic acids is 1. The van der Waals surface area contributed by atoms with Crippen LogP contribution >= 0.6 is 0 Å². The van der Waals surface area contributed by atoms with Gasteiger partial charge in [0.25, 0.3) is 0 Å². The van der Waals surface area contributed by atoms with Crippen molar-refractivity contribution >= 4 is 6.03 Å². The number of rotatable bonds is 8. The summed E-state index contributed by atoms with van der Waals surface area (Å²) in [5.74, 6) is 1.10. The van der Waals surface area contributed by atoms with E-state index >= 15 is 0 Å². The fourth-order valence-electron chi connectivity index (χ4n) is 5.09. The molecule has 1 aliphatic rings. The molecule has 32 heavy (non-hydrogen) atoms. The van der Waals surface area contributed by atoms with Crippen molar-refractivity contribution in [1.82, 2.24) is 10.6 Å². The molecule has 2 amide bonds. The van der Waals surface area contributed by atoms with Gasteiger partial charge in [0, 0.05) is 6.04 Å². The molecule has 1 aliphatic carbocycles. The molecule has 3 rings (SSSR count). The predicted molar refractivity (Wildman–Crippen MR) is 130 cm³/mol. The van der Waals surface area contributed by atoms with Gasteiger partial charge in [-0.3, -0.25) is 0 Å². The minimum Gasteiger partial charge on any atom is -0.335 e. The summed E-state index contributed by atoms with van der Waals surface area (Å²) in [5, 5.41) is 17.1. The molecular formula is C28H37N3O. The lowest BCUT2D eigenvalue weighted by atomic mass is 9.68. The van der Waals surface area contributed by atoms with Gasteiger partial charge in [0.1, 0.15) is 5.41 Å². The van der Waals surface area contributed by atoms with Crippen molar-refractivity contribution < 1.29 is 4.79 Å². The van der Waals surface area contributed by atoms with Crippen LogP contribution in [0.25, 0.3) is 0 Å². The third-order valence-corrected chi connectivity index (χ3v) is 6.93. The first-order valence-corrected chi connectivity index (χ1v) is 12.1. The maximum Gasteiger partial charge on any atom is 0.315 e. The average molecular weight is 432 g/mol. The molecule has 4 nitrogen and oxygen atoms in total. The normalized spacial score (nSPS) is 19.7. The Morgan fingerprint density at radius 1 is 1.00 bits per heavy atom. The second-order valence-electron chi connectivity index (χ2n) is 9.58. The van der Waals surface area contributed by atoms with Crippen molar-refractivity contribution in [2.24, 2.45) is 11.8 Å². The first kappa shape index (κ1) is 23.9. The number of hydrogen-bond acceptors (Lipinski definition) is 2. The summed E-state index contributed by atoms with van der Waals surface area (Å²) in [6.45, 7) is 6.52. The Hall–Kier alpha value is -2.80. The van der Waals surface area contributed by atoms with Crippen LogP contribution in [0.1, 0.15) is 70.4 Å². The van der Waals surface area contributed by atoms with Crippen molar-refractivity contribution in [3.8, 4) is 6.07 Å². The van der Waals surface area contributed by atoms with Gasteiger partial charge in [0.2, 0.25) is 0 Å². The molecule has 2 aromatic rings. The fraction of sp³-hybridized carbons (Fsp3) is 0.500. The van der Waals surface area contributed by atoms with Gasteiger partial charge in [0.15, 0.2) is 0 Å². The smallest absolute Gasteiger partial charge is 0.315 e. The first-order valence-electron chi connectivity index (χ1n) is 12.1. The Morgan fingerprint density at radius 2 is 1.53 bits per heavy atom. The summed E-state index contributed by atoms with van der Waals surface area (Å²) < 4.78 is 0. The molecule has 1 fully saturated rings. The molecule has 4 heteroatoms. The molecule has 1 atom stereocenters. The maximum absolute atomic E-state index is 13.1. The molecule has 2 aromatic carbocycles. The lowest BCUT2D eigenvalue weighted by molar-refractivity contribution is 0.216. The highest BCUT2D eigenvalue weighted by molar-refractivity contribution is 5.75. The first-order chi connectivity index (χ1) is 15.5. The van der Waals surface area contributed by atoms with Gasteiger partial charge >= 0.3 is 6.03 Å². The molecule has 0 spiro atoms. The fourth-order valence-corrected chi connectivity index (χ4v) is 5.09. The molecule has 0 heterocycles. The summed E-state index contributed by atoms with van der Waals surface area (Å²) in [6.07, 6.45) is 6.32. The molecule has 0 aliphatic heterocycles. The van der Waals surface area contributed by atoms with Crippen LogP contribution in [0, 0.1) is 23.2 Å². The summed E-state index contributed by atoms with van der Waals surface area (Å²) >= 11 is 0. The molecule has 0 unspecified atom stereocenters. The number of nitrogens with zero attached hydrogens (tertiary/aromatic N) is 1. The lowest BCUT2D eigenvalue weighted by Gasteiger charge is -2.38. The van der Waals surface area contributed by atoms with Crippen molar-refractivity contribution in [2.45, 2.75) is 76.8 Å². The Morgan fingerprint density at radius 3 is 1.97 bits per heavy atom. The maximum atomic E-state index is 13.1. The Balaban J connectivity index is 1.90. The Bertz CT molecular complexity index is 840. The van der Waals surface area contributed by atoms with Crippen molar-refractivity contribution in [2.75, 3.05) is 0 Å². The van der Waals surface area contributed by atoms with E-state index in [9.17, 15) is 10.1 Å². The second kappa shape index (κ2) is 11.2. The van der Waals surface area contributed by atoms with E-state index in [1.165, 1.54) is 19.3 Å². The van der Waals surface area contributed by atoms with Crippen LogP contribution in [0.5, 0.6) is 0 Å². The van der Waals surface area contributed by atoms with E-state index in [4.69, 9.17) is 0 Å². The number of benzene rings is 2. The molecule has 1 saturated carbocycles. The standard InChI is InChI=1S/C28H37N3O/c1-4-22-15-17-25(18-16-22)30-27(32)31-26(19-21(2)3)28(20-29,23-11-7-5-8-12-23)24-13-9-6-10-14-24/h5-14,21-22,25-26H,4,15-19H2,1-3H3,(H2,30,31,32)/t22?,25?,26-/m0/s1. The number of urea groups is 1. The lowest BCUT2D eigenvalue weighted by Crippen LogP contribution is -2.55. The van der Waals surface area contributed by atoms with Gasteiger partial charge in [-0.1, -0.05) is 87.9 Å². The van der Waals surface area contributed by atoms with E-state index in [-0.39, 0.29) is 18.1 Å². The monoisotopic (exact) mass is 431 g/mol. The van der Waals surface area contributed by atoms with E-state index in [2.05, 4.69) is 37.5 Å². The van der Waals surface area contributed by atoms with Gasteiger partial charge in [-0.25, -0.2) is 4.79 Å². The Labute approximate surface area is 193 Å². The molecule has 170 valence electrons. The van der Waals surface area contributed by atoms with E-state index in [0.29, 0.717) is 12.3 Å². The molecule has 0 aromatic heterocycles. The third kappa shape index (κ3) is 5.51. The third-order valence-electron chi connectivity index (χ3n) is 6.93. The zero-order chi connectivity index (χ0) is 23.0. The van der Waals surface area contributed by atoms with Crippen LogP contribution in [0.2, 0.25) is 0 Å². The quantitative estimate of drug-likeness (QED) is 0.524. The van der Waals surface area contributed by atoms with Gasteiger partial charge in [0.05, 0.1) is 12.1 Å². The second-order valence-corrected chi connectivity index (χ2v) is 9.58. The summed E-state index contributed by atoms with van der Waals surface area (Å²) in [4.78, 5) is 13.1. The SMILES string of the molecule is CCC1CCC(NC(=O)N[C@@H](CC(C)C)C(C#N)(c2ccccc2)c2ccccc2)CC1. The minimum atomic E-state index is -0.968. The van der Waals surface area contributed by atoms with E-state index in [1.54, 1.807) is 0 Å². The minimum absolute atomic E-state index is 0.165. The van der Waals surface area contributed by atoms with Gasteiger partial charge in [-0.15, -0.1) is 0 Å². The summed E-state index contributed by atoms with van der Waals surface area (Å²) in [7, 11) is 0. The van der Waals surface area contributed by atoms with Crippen LogP contribution in [0.3, 0.4) is 0 Å². The van der Waals surface area contributed by atoms with Gasteiger partial charge in [-0.05, 0) is 55.1 Å². The molecule has 0 radical (unpaired) electrons. The van der Waals surface area contributed by atoms with E-state index < -0.39 is 5.41 Å². The number of carbonyl (C=O) groups is 1. The van der Waals surface area contributed by atoms with Crippen molar-refractivity contribution in [3.05, 3.63) is 71.8 Å². The number of nitriles is 1. The zero-order valence-corrected chi connectivity index (χ0v) is 19.7. The molecule has 0 bridgehead atoms. The van der Waals surface area contributed by atoms with Crippen LogP contribution in [-0.4, -0.2) is 18.1 Å². The predicted octanol–water partition coefficient (Wildman–Crippen LogP) is 6.18. The number of nitrogens with one attached hydrogen (secondary N) is 2. The number of hydrogen-bond donors (Lipinski definition) is 2. The number of amides is 2. The summed E-state index contributed by atoms with van der Waals surface area (Å²) in [5.41, 5.74) is 0.843. The highest BCUT2D eigenvalue weighted by Gasteiger charge is 2.44. The van der Waals surface area contributed by atoms with E-state index in [0.717, 1.165) is 29.9 Å². The van der Waals surface area contributed by atoms with Crippen LogP contribution < -0.4 is 10.6 Å². The molecular weight excluding hydrogens is 394 g/mol. The van der Waals surface area contributed by atoms with Gasteiger partial charge in [-0.2, -0.15) is 5.26 Å². The highest BCUT2D eigenvalue weighted by Crippen LogP contribution is 2.38. The van der Waals surface area contributed by atoms with Crippen LogP contribution in [-0.2, 0) is 5.41 Å². The zero-order valence-electron chi connectivity index (χ0n) is 19.7. The van der Waals surface area contributed by atoms with Crippen LogP contribution in [0.4, 0.5) is 4.79 Å². The molecule has 0 saturated heterocycles. The highest BCUT2D eigenvalue weighted by atomic mass is 16.2. The van der Waals surface area contributed by atoms with Crippen molar-refractivity contribution in [3.63, 3.8) is 0 Å². The summed E-state index contributed by atoms with van der Waals surface area (Å²) in [6, 6.07) is 22.1. The Kier molecular flexibility index (Phi) is 8.33. The topological polar surface area (TPSA) is 64.9 Å². The van der Waals surface area contributed by atoms with Crippen molar-refractivity contribution in [1.29, 1.82) is 5.26 Å².